The summed E-state index contributed by atoms with van der Waals surface area (Å²) < 4.78 is 85.9. The van der Waals surface area contributed by atoms with E-state index < -0.39 is 51.8 Å². The standard InChI is InChI=1S/C25H19F6N3O2S/c1-22(2)11-16-19(17(35)12-22)23(25(29,30)31,33-21-32-15-8-3-4-9-18(15)37-21)20(36)34(16)14-7-5-6-13(10-14)24(26,27)28/h3-10H,11-12H2,1-2H3,(H,32,33)/t23-/m1/s1. The second kappa shape index (κ2) is 8.04. The Bertz CT molecular complexity index is 1440. The quantitative estimate of drug-likeness (QED) is 0.376. The van der Waals surface area contributed by atoms with Crippen molar-refractivity contribution in [2.75, 3.05) is 10.2 Å². The van der Waals surface area contributed by atoms with Crippen LogP contribution in [0.1, 0.15) is 32.3 Å². The Morgan fingerprint density at radius 3 is 2.32 bits per heavy atom. The van der Waals surface area contributed by atoms with Crippen LogP contribution in [-0.4, -0.2) is 28.4 Å². The average Bonchev–Trinajstić information content (AvgIpc) is 3.28. The fourth-order valence-electron chi connectivity index (χ4n) is 4.93. The third-order valence-corrected chi connectivity index (χ3v) is 7.42. The number of alkyl halides is 6. The average molecular weight is 540 g/mol. The van der Waals surface area contributed by atoms with Gasteiger partial charge in [0, 0.05) is 17.8 Å². The molecule has 0 saturated carbocycles. The van der Waals surface area contributed by atoms with E-state index in [-0.39, 0.29) is 23.7 Å². The molecule has 1 amide bonds. The Morgan fingerprint density at radius 1 is 0.973 bits per heavy atom. The van der Waals surface area contributed by atoms with Gasteiger partial charge < -0.3 is 5.32 Å². The molecule has 5 nitrogen and oxygen atoms in total. The Hall–Kier alpha value is -3.41. The van der Waals surface area contributed by atoms with E-state index in [0.717, 1.165) is 29.5 Å². The highest BCUT2D eigenvalue weighted by Crippen LogP contribution is 2.54. The van der Waals surface area contributed by atoms with Gasteiger partial charge in [-0.3, -0.25) is 14.5 Å². The molecule has 1 aliphatic heterocycles. The van der Waals surface area contributed by atoms with Gasteiger partial charge in [-0.25, -0.2) is 4.98 Å². The number of hydrogen-bond donors (Lipinski definition) is 1. The minimum atomic E-state index is -5.32. The fourth-order valence-corrected chi connectivity index (χ4v) is 5.85. The monoisotopic (exact) mass is 539 g/mol. The minimum Gasteiger partial charge on any atom is -0.336 e. The molecular formula is C25H19F6N3O2S. The number of benzene rings is 2. The highest BCUT2D eigenvalue weighted by molar-refractivity contribution is 7.22. The summed E-state index contributed by atoms with van der Waals surface area (Å²) >= 11 is 0.868. The number of anilines is 2. The van der Waals surface area contributed by atoms with Crippen LogP contribution >= 0.6 is 11.3 Å². The number of allylic oxidation sites excluding steroid dienone is 1. The SMILES string of the molecule is CC1(C)CC(=O)C2=C(C1)N(c1cccc(C(F)(F)F)c1)C(=O)[C@@]2(Nc1nc2ccccc2s1)C(F)(F)F. The number of thiazole rings is 1. The smallest absolute Gasteiger partial charge is 0.336 e. The molecule has 3 aromatic rings. The molecule has 1 aliphatic carbocycles. The lowest BCUT2D eigenvalue weighted by molar-refractivity contribution is -0.176. The number of ketones is 1. The number of nitrogens with zero attached hydrogens (tertiary/aromatic N) is 2. The molecule has 1 atom stereocenters. The number of fused-ring (bicyclic) bond motifs is 1. The van der Waals surface area contributed by atoms with Crippen molar-refractivity contribution in [3.8, 4) is 0 Å². The van der Waals surface area contributed by atoms with E-state index in [0.29, 0.717) is 21.2 Å². The van der Waals surface area contributed by atoms with Gasteiger partial charge in [-0.1, -0.05) is 43.4 Å². The van der Waals surface area contributed by atoms with Crippen LogP contribution in [-0.2, 0) is 15.8 Å². The Kier molecular flexibility index (Phi) is 5.49. The zero-order valence-corrected chi connectivity index (χ0v) is 20.2. The summed E-state index contributed by atoms with van der Waals surface area (Å²) in [5.74, 6) is -2.50. The molecule has 37 heavy (non-hydrogen) atoms. The number of carbonyl (C=O) groups is 2. The molecule has 194 valence electrons. The van der Waals surface area contributed by atoms with Gasteiger partial charge in [-0.2, -0.15) is 26.3 Å². The molecule has 0 bridgehead atoms. The molecule has 1 N–H and O–H groups in total. The Morgan fingerprint density at radius 2 is 1.68 bits per heavy atom. The van der Waals surface area contributed by atoms with E-state index >= 15 is 13.2 Å². The van der Waals surface area contributed by atoms with Crippen molar-refractivity contribution in [1.29, 1.82) is 0 Å². The normalized spacial score (nSPS) is 22.1. The van der Waals surface area contributed by atoms with E-state index in [1.807, 2.05) is 0 Å². The molecule has 12 heteroatoms. The molecule has 0 fully saturated rings. The lowest BCUT2D eigenvalue weighted by atomic mass is 9.72. The number of Topliss-reactive ketones (excluding diaryl/α,β-unsaturated/α-hetero) is 1. The summed E-state index contributed by atoms with van der Waals surface area (Å²) in [4.78, 5) is 31.9. The van der Waals surface area contributed by atoms with Gasteiger partial charge in [0.2, 0.25) is 5.54 Å². The van der Waals surface area contributed by atoms with Crippen molar-refractivity contribution >= 4 is 44.1 Å². The molecule has 5 rings (SSSR count). The van der Waals surface area contributed by atoms with Crippen molar-refractivity contribution in [3.63, 3.8) is 0 Å². The molecular weight excluding hydrogens is 520 g/mol. The van der Waals surface area contributed by atoms with Crippen molar-refractivity contribution in [1.82, 2.24) is 4.98 Å². The molecule has 1 aromatic heterocycles. The third kappa shape index (κ3) is 3.97. The molecule has 0 radical (unpaired) electrons. The van der Waals surface area contributed by atoms with Crippen LogP contribution in [0.5, 0.6) is 0 Å². The predicted molar refractivity (Wildman–Crippen MR) is 126 cm³/mol. The number of nitrogens with one attached hydrogen (secondary N) is 1. The van der Waals surface area contributed by atoms with Crippen molar-refractivity contribution in [2.24, 2.45) is 5.41 Å². The van der Waals surface area contributed by atoms with Gasteiger partial charge in [0.1, 0.15) is 0 Å². The maximum atomic E-state index is 15.0. The van der Waals surface area contributed by atoms with E-state index in [4.69, 9.17) is 0 Å². The van der Waals surface area contributed by atoms with E-state index in [1.165, 1.54) is 0 Å². The first kappa shape index (κ1) is 25.2. The summed E-state index contributed by atoms with van der Waals surface area (Å²) in [6, 6.07) is 10.0. The molecule has 2 heterocycles. The number of rotatable bonds is 3. The lowest BCUT2D eigenvalue weighted by Crippen LogP contribution is -2.61. The van der Waals surface area contributed by atoms with Crippen molar-refractivity contribution in [2.45, 2.75) is 44.6 Å². The number of para-hydroxylation sites is 1. The van der Waals surface area contributed by atoms with Crippen molar-refractivity contribution in [3.05, 3.63) is 65.4 Å². The summed E-state index contributed by atoms with van der Waals surface area (Å²) in [5, 5.41) is 1.98. The first-order valence-electron chi connectivity index (χ1n) is 11.1. The second-order valence-electron chi connectivity index (χ2n) is 9.81. The van der Waals surface area contributed by atoms with Gasteiger partial charge in [0.05, 0.1) is 21.4 Å². The summed E-state index contributed by atoms with van der Waals surface area (Å²) in [6.45, 7) is 3.30. The number of hydrogen-bond acceptors (Lipinski definition) is 5. The molecule has 2 aromatic carbocycles. The first-order valence-corrected chi connectivity index (χ1v) is 11.9. The minimum absolute atomic E-state index is 0.130. The largest absolute Gasteiger partial charge is 0.425 e. The summed E-state index contributed by atoms with van der Waals surface area (Å²) in [7, 11) is 0. The van der Waals surface area contributed by atoms with Crippen LogP contribution in [0.4, 0.5) is 37.2 Å². The van der Waals surface area contributed by atoms with E-state index in [9.17, 15) is 22.8 Å². The molecule has 0 saturated heterocycles. The highest BCUT2D eigenvalue weighted by atomic mass is 32.1. The molecule has 0 spiro atoms. The molecule has 0 unspecified atom stereocenters. The Balaban J connectivity index is 1.74. The first-order chi connectivity index (χ1) is 17.1. The van der Waals surface area contributed by atoms with Gasteiger partial charge in [-0.15, -0.1) is 0 Å². The van der Waals surface area contributed by atoms with E-state index in [2.05, 4.69) is 10.3 Å². The topological polar surface area (TPSA) is 62.3 Å². The van der Waals surface area contributed by atoms with Gasteiger partial charge in [-0.05, 0) is 42.2 Å². The van der Waals surface area contributed by atoms with Gasteiger partial charge >= 0.3 is 12.4 Å². The van der Waals surface area contributed by atoms with Gasteiger partial charge in [0.15, 0.2) is 10.9 Å². The van der Waals surface area contributed by atoms with Crippen molar-refractivity contribution < 1.29 is 35.9 Å². The summed E-state index contributed by atoms with van der Waals surface area (Å²) in [5.41, 5.74) is -6.57. The van der Waals surface area contributed by atoms with E-state index in [1.54, 1.807) is 38.1 Å². The van der Waals surface area contributed by atoms with Crippen LogP contribution in [0.2, 0.25) is 0 Å². The number of halogens is 6. The maximum Gasteiger partial charge on any atom is 0.425 e. The van der Waals surface area contributed by atoms with Crippen LogP contribution < -0.4 is 10.2 Å². The van der Waals surface area contributed by atoms with Crippen LogP contribution in [0, 0.1) is 5.41 Å². The highest BCUT2D eigenvalue weighted by Gasteiger charge is 2.71. The Labute approximate surface area is 210 Å². The number of aromatic nitrogens is 1. The summed E-state index contributed by atoms with van der Waals surface area (Å²) in [6.07, 6.45) is -10.5. The fraction of sp³-hybridized carbons (Fsp3) is 0.320. The van der Waals surface area contributed by atoms with Crippen LogP contribution in [0.15, 0.2) is 59.8 Å². The molecule has 2 aliphatic rings. The second-order valence-corrected chi connectivity index (χ2v) is 10.8. The van der Waals surface area contributed by atoms with Crippen LogP contribution in [0.25, 0.3) is 10.2 Å². The zero-order valence-electron chi connectivity index (χ0n) is 19.4. The zero-order chi connectivity index (χ0) is 27.0. The maximum absolute atomic E-state index is 15.0. The predicted octanol–water partition coefficient (Wildman–Crippen LogP) is 6.72. The number of amides is 1. The lowest BCUT2D eigenvalue weighted by Gasteiger charge is -2.35. The van der Waals surface area contributed by atoms with Gasteiger partial charge in [0.25, 0.3) is 5.91 Å². The third-order valence-electron chi connectivity index (χ3n) is 6.47. The van der Waals surface area contributed by atoms with Crippen LogP contribution in [0.3, 0.4) is 0 Å². The number of carbonyl (C=O) groups excluding carboxylic acids is 2.